The summed E-state index contributed by atoms with van der Waals surface area (Å²) in [6.07, 6.45) is 0.732. The summed E-state index contributed by atoms with van der Waals surface area (Å²) in [6.45, 7) is 2.37. The third kappa shape index (κ3) is 2.21. The van der Waals surface area contributed by atoms with E-state index < -0.39 is 17.9 Å². The molecule has 1 aliphatic rings. The molecular formula is C8H12N2O4. The van der Waals surface area contributed by atoms with Gasteiger partial charge < -0.3 is 15.7 Å². The van der Waals surface area contributed by atoms with Gasteiger partial charge in [0.05, 0.1) is 0 Å². The molecule has 0 radical (unpaired) electrons. The standard InChI is InChI=1S/C8H12N2O4/c1-4-2-3-9-6(11)5(4)10-7(12)8(13)14/h4-5H,2-3H2,1H3,(H,9,11)(H,10,12)(H,13,14). The Morgan fingerprint density at radius 1 is 1.57 bits per heavy atom. The van der Waals surface area contributed by atoms with Gasteiger partial charge in [0.1, 0.15) is 6.04 Å². The number of aliphatic carboxylic acids is 1. The molecule has 3 N–H and O–H groups in total. The zero-order chi connectivity index (χ0) is 10.7. The highest BCUT2D eigenvalue weighted by atomic mass is 16.4. The molecule has 0 aromatic heterocycles. The fourth-order valence-corrected chi connectivity index (χ4v) is 1.37. The molecule has 78 valence electrons. The maximum Gasteiger partial charge on any atom is 0.394 e. The lowest BCUT2D eigenvalue weighted by Gasteiger charge is -2.28. The van der Waals surface area contributed by atoms with E-state index in [1.807, 2.05) is 0 Å². The average molecular weight is 200 g/mol. The van der Waals surface area contributed by atoms with Crippen LogP contribution in [-0.4, -0.2) is 35.5 Å². The van der Waals surface area contributed by atoms with Crippen LogP contribution in [0.1, 0.15) is 13.3 Å². The largest absolute Gasteiger partial charge is 0.474 e. The van der Waals surface area contributed by atoms with Crippen LogP contribution in [0.15, 0.2) is 0 Å². The minimum absolute atomic E-state index is 0.0351. The van der Waals surface area contributed by atoms with Gasteiger partial charge in [-0.25, -0.2) is 4.79 Å². The zero-order valence-electron chi connectivity index (χ0n) is 7.74. The van der Waals surface area contributed by atoms with E-state index >= 15 is 0 Å². The summed E-state index contributed by atoms with van der Waals surface area (Å²) < 4.78 is 0. The monoisotopic (exact) mass is 200 g/mol. The summed E-state index contributed by atoms with van der Waals surface area (Å²) in [4.78, 5) is 32.3. The highest BCUT2D eigenvalue weighted by Crippen LogP contribution is 2.11. The molecule has 0 aliphatic carbocycles. The molecule has 0 aromatic carbocycles. The van der Waals surface area contributed by atoms with Crippen molar-refractivity contribution in [1.29, 1.82) is 0 Å². The lowest BCUT2D eigenvalue weighted by molar-refractivity contribution is -0.151. The smallest absolute Gasteiger partial charge is 0.394 e. The first-order valence-corrected chi connectivity index (χ1v) is 4.34. The van der Waals surface area contributed by atoms with Crippen molar-refractivity contribution < 1.29 is 19.5 Å². The summed E-state index contributed by atoms with van der Waals surface area (Å²) >= 11 is 0. The van der Waals surface area contributed by atoms with Crippen molar-refractivity contribution in [2.45, 2.75) is 19.4 Å². The Morgan fingerprint density at radius 3 is 2.71 bits per heavy atom. The van der Waals surface area contributed by atoms with E-state index in [0.29, 0.717) is 6.54 Å². The van der Waals surface area contributed by atoms with Gasteiger partial charge in [-0.3, -0.25) is 9.59 Å². The van der Waals surface area contributed by atoms with Crippen molar-refractivity contribution in [1.82, 2.24) is 10.6 Å². The van der Waals surface area contributed by atoms with E-state index in [9.17, 15) is 14.4 Å². The number of amides is 2. The number of rotatable bonds is 1. The van der Waals surface area contributed by atoms with Crippen LogP contribution in [0.25, 0.3) is 0 Å². The van der Waals surface area contributed by atoms with Crippen molar-refractivity contribution in [2.24, 2.45) is 5.92 Å². The molecular weight excluding hydrogens is 188 g/mol. The number of carbonyl (C=O) groups is 3. The Hall–Kier alpha value is -1.59. The molecule has 0 aromatic rings. The van der Waals surface area contributed by atoms with Crippen molar-refractivity contribution in [2.75, 3.05) is 6.54 Å². The summed E-state index contributed by atoms with van der Waals surface area (Å²) in [5.41, 5.74) is 0. The van der Waals surface area contributed by atoms with E-state index in [1.165, 1.54) is 0 Å². The fraction of sp³-hybridized carbons (Fsp3) is 0.625. The van der Waals surface area contributed by atoms with Crippen LogP contribution >= 0.6 is 0 Å². The molecule has 2 unspecified atom stereocenters. The van der Waals surface area contributed by atoms with E-state index in [2.05, 4.69) is 10.6 Å². The van der Waals surface area contributed by atoms with Gasteiger partial charge in [-0.2, -0.15) is 0 Å². The van der Waals surface area contributed by atoms with Crippen LogP contribution in [0.2, 0.25) is 0 Å². The van der Waals surface area contributed by atoms with E-state index in [1.54, 1.807) is 6.92 Å². The minimum atomic E-state index is -1.57. The first-order chi connectivity index (χ1) is 6.52. The van der Waals surface area contributed by atoms with Crippen LogP contribution in [0, 0.1) is 5.92 Å². The molecule has 14 heavy (non-hydrogen) atoms. The molecule has 6 heteroatoms. The van der Waals surface area contributed by atoms with Gasteiger partial charge >= 0.3 is 11.9 Å². The topological polar surface area (TPSA) is 95.5 Å². The first-order valence-electron chi connectivity index (χ1n) is 4.34. The summed E-state index contributed by atoms with van der Waals surface area (Å²) in [5.74, 6) is -3.07. The molecule has 1 fully saturated rings. The number of piperidine rings is 1. The number of carboxylic acids is 1. The van der Waals surface area contributed by atoms with Gasteiger partial charge in [-0.05, 0) is 12.3 Å². The van der Waals surface area contributed by atoms with E-state index in [0.717, 1.165) is 6.42 Å². The van der Waals surface area contributed by atoms with Gasteiger partial charge in [0.25, 0.3) is 0 Å². The average Bonchev–Trinajstić information content (AvgIpc) is 2.11. The van der Waals surface area contributed by atoms with Gasteiger partial charge in [0.15, 0.2) is 0 Å². The second kappa shape index (κ2) is 4.08. The Balaban J connectivity index is 2.61. The Bertz CT molecular complexity index is 277. The Kier molecular flexibility index (Phi) is 3.06. The predicted molar refractivity (Wildman–Crippen MR) is 46.4 cm³/mol. The number of carboxylic acid groups (broad SMARTS) is 1. The normalized spacial score (nSPS) is 26.5. The van der Waals surface area contributed by atoms with Crippen LogP contribution < -0.4 is 10.6 Å². The molecule has 1 rings (SSSR count). The molecule has 2 amide bonds. The molecule has 2 atom stereocenters. The molecule has 1 aliphatic heterocycles. The fourth-order valence-electron chi connectivity index (χ4n) is 1.37. The van der Waals surface area contributed by atoms with Crippen LogP contribution in [0.4, 0.5) is 0 Å². The predicted octanol–water partition coefficient (Wildman–Crippen LogP) is -1.29. The van der Waals surface area contributed by atoms with Crippen LogP contribution in [-0.2, 0) is 14.4 Å². The molecule has 0 bridgehead atoms. The molecule has 0 saturated carbocycles. The summed E-state index contributed by atoms with van der Waals surface area (Å²) in [6, 6.07) is -0.729. The summed E-state index contributed by atoms with van der Waals surface area (Å²) in [5, 5.41) is 13.1. The van der Waals surface area contributed by atoms with Crippen molar-refractivity contribution in [3.05, 3.63) is 0 Å². The second-order valence-corrected chi connectivity index (χ2v) is 3.31. The quantitative estimate of drug-likeness (QED) is 0.459. The van der Waals surface area contributed by atoms with Gasteiger partial charge in [-0.15, -0.1) is 0 Å². The maximum atomic E-state index is 11.2. The number of nitrogens with one attached hydrogen (secondary N) is 2. The van der Waals surface area contributed by atoms with Gasteiger partial charge in [0, 0.05) is 6.54 Å². The van der Waals surface area contributed by atoms with Crippen LogP contribution in [0.3, 0.4) is 0 Å². The third-order valence-electron chi connectivity index (χ3n) is 2.23. The van der Waals surface area contributed by atoms with E-state index in [-0.39, 0.29) is 11.8 Å². The van der Waals surface area contributed by atoms with Gasteiger partial charge in [-0.1, -0.05) is 6.92 Å². The summed E-state index contributed by atoms with van der Waals surface area (Å²) in [7, 11) is 0. The zero-order valence-corrected chi connectivity index (χ0v) is 7.74. The molecule has 1 heterocycles. The SMILES string of the molecule is CC1CCNC(=O)C1NC(=O)C(=O)O. The molecule has 0 spiro atoms. The number of carbonyl (C=O) groups excluding carboxylic acids is 2. The lowest BCUT2D eigenvalue weighted by Crippen LogP contribution is -2.55. The maximum absolute atomic E-state index is 11.2. The number of hydrogen-bond donors (Lipinski definition) is 3. The molecule has 1 saturated heterocycles. The second-order valence-electron chi connectivity index (χ2n) is 3.31. The van der Waals surface area contributed by atoms with Crippen LogP contribution in [0.5, 0.6) is 0 Å². The van der Waals surface area contributed by atoms with E-state index in [4.69, 9.17) is 5.11 Å². The van der Waals surface area contributed by atoms with Crippen molar-refractivity contribution >= 4 is 17.8 Å². The van der Waals surface area contributed by atoms with Crippen molar-refractivity contribution in [3.8, 4) is 0 Å². The third-order valence-corrected chi connectivity index (χ3v) is 2.23. The van der Waals surface area contributed by atoms with Crippen molar-refractivity contribution in [3.63, 3.8) is 0 Å². The minimum Gasteiger partial charge on any atom is -0.474 e. The van der Waals surface area contributed by atoms with Gasteiger partial charge in [0.2, 0.25) is 5.91 Å². The molecule has 6 nitrogen and oxygen atoms in total. The highest BCUT2D eigenvalue weighted by molar-refractivity contribution is 6.32. The first kappa shape index (κ1) is 10.5. The lowest BCUT2D eigenvalue weighted by atomic mass is 9.94. The number of hydrogen-bond acceptors (Lipinski definition) is 3. The Morgan fingerprint density at radius 2 is 2.21 bits per heavy atom. The Labute approximate surface area is 80.7 Å². The highest BCUT2D eigenvalue weighted by Gasteiger charge is 2.31.